The lowest BCUT2D eigenvalue weighted by atomic mass is 9.96. The molecule has 4 aromatic rings. The summed E-state index contributed by atoms with van der Waals surface area (Å²) in [6.07, 6.45) is 1.76. The van der Waals surface area contributed by atoms with Crippen LogP contribution in [-0.4, -0.2) is 39.0 Å². The van der Waals surface area contributed by atoms with Gasteiger partial charge in [-0.25, -0.2) is 4.68 Å². The van der Waals surface area contributed by atoms with Crippen molar-refractivity contribution in [3.63, 3.8) is 0 Å². The molecule has 35 heavy (non-hydrogen) atoms. The Bertz CT molecular complexity index is 1350. The van der Waals surface area contributed by atoms with Crippen LogP contribution in [0.5, 0.6) is 0 Å². The van der Waals surface area contributed by atoms with Crippen molar-refractivity contribution >= 4 is 34.2 Å². The summed E-state index contributed by atoms with van der Waals surface area (Å²) in [7, 11) is 0. The molecule has 0 unspecified atom stereocenters. The van der Waals surface area contributed by atoms with E-state index in [1.165, 1.54) is 0 Å². The van der Waals surface area contributed by atoms with Gasteiger partial charge in [0.2, 0.25) is 5.91 Å². The maximum atomic E-state index is 13.1. The lowest BCUT2D eigenvalue weighted by Crippen LogP contribution is -2.44. The van der Waals surface area contributed by atoms with Crippen molar-refractivity contribution in [1.29, 1.82) is 0 Å². The average Bonchev–Trinajstić information content (AvgIpc) is 3.23. The second-order valence-corrected chi connectivity index (χ2v) is 9.67. The molecule has 0 bridgehead atoms. The van der Waals surface area contributed by atoms with E-state index in [1.807, 2.05) is 80.1 Å². The van der Waals surface area contributed by atoms with Crippen LogP contribution in [-0.2, 0) is 4.79 Å². The average molecular weight is 489 g/mol. The molecule has 7 nitrogen and oxygen atoms in total. The molecule has 3 heterocycles. The third-order valence-electron chi connectivity index (χ3n) is 6.81. The summed E-state index contributed by atoms with van der Waals surface area (Å²) in [5.41, 5.74) is 4.68. The Hall–Kier alpha value is -3.45. The molecular formula is C27H29ClN6O. The predicted molar refractivity (Wildman–Crippen MR) is 139 cm³/mol. The van der Waals surface area contributed by atoms with E-state index < -0.39 is 0 Å². The number of fused-ring (bicyclic) bond motifs is 1. The number of aromatic nitrogens is 4. The quantitative estimate of drug-likeness (QED) is 0.419. The van der Waals surface area contributed by atoms with E-state index in [1.54, 1.807) is 0 Å². The molecule has 0 radical (unpaired) electrons. The maximum absolute atomic E-state index is 13.1. The van der Waals surface area contributed by atoms with Gasteiger partial charge in [-0.3, -0.25) is 4.79 Å². The third kappa shape index (κ3) is 4.60. The van der Waals surface area contributed by atoms with Crippen LogP contribution in [0.4, 0.5) is 5.82 Å². The molecule has 1 amide bonds. The fourth-order valence-electron chi connectivity index (χ4n) is 4.90. The van der Waals surface area contributed by atoms with Crippen molar-refractivity contribution < 1.29 is 4.79 Å². The van der Waals surface area contributed by atoms with Gasteiger partial charge in [0.15, 0.2) is 5.82 Å². The Balaban J connectivity index is 1.42. The van der Waals surface area contributed by atoms with Crippen molar-refractivity contribution in [1.82, 2.24) is 25.3 Å². The summed E-state index contributed by atoms with van der Waals surface area (Å²) in [5, 5.41) is 18.8. The number of halogens is 1. The number of nitrogens with one attached hydrogen (secondary N) is 1. The van der Waals surface area contributed by atoms with Gasteiger partial charge in [-0.15, -0.1) is 5.10 Å². The summed E-state index contributed by atoms with van der Waals surface area (Å²) in [6, 6.07) is 17.6. The highest BCUT2D eigenvalue weighted by Gasteiger charge is 2.30. The molecule has 2 aromatic heterocycles. The Morgan fingerprint density at radius 3 is 2.57 bits per heavy atom. The number of hydrogen-bond donors (Lipinski definition) is 1. The SMILES string of the molecule is Cc1nnc(N2CCC[C@@H](C(=O)N[C@@H](C)c3ccccc3)C2)c2nn(-c3ccc(Cl)cc3)c(C)c12. The van der Waals surface area contributed by atoms with Crippen molar-refractivity contribution in [3.05, 3.63) is 76.6 Å². The monoisotopic (exact) mass is 488 g/mol. The number of benzene rings is 2. The summed E-state index contributed by atoms with van der Waals surface area (Å²) < 4.78 is 1.91. The minimum atomic E-state index is -0.118. The summed E-state index contributed by atoms with van der Waals surface area (Å²) in [4.78, 5) is 15.3. The Labute approximate surface area is 210 Å². The van der Waals surface area contributed by atoms with Crippen molar-refractivity contribution in [3.8, 4) is 5.69 Å². The van der Waals surface area contributed by atoms with Gasteiger partial charge in [-0.2, -0.15) is 10.2 Å². The summed E-state index contributed by atoms with van der Waals surface area (Å²) >= 11 is 6.09. The van der Waals surface area contributed by atoms with Crippen LogP contribution in [0.1, 0.15) is 42.8 Å². The van der Waals surface area contributed by atoms with E-state index in [0.29, 0.717) is 11.6 Å². The lowest BCUT2D eigenvalue weighted by molar-refractivity contribution is -0.125. The van der Waals surface area contributed by atoms with Gasteiger partial charge in [-0.1, -0.05) is 41.9 Å². The molecule has 1 aliphatic rings. The molecule has 2 atom stereocenters. The van der Waals surface area contributed by atoms with Crippen LogP contribution in [0, 0.1) is 19.8 Å². The first-order valence-corrected chi connectivity index (χ1v) is 12.4. The number of hydrogen-bond acceptors (Lipinski definition) is 5. The Morgan fingerprint density at radius 2 is 1.83 bits per heavy atom. The van der Waals surface area contributed by atoms with Crippen LogP contribution < -0.4 is 10.2 Å². The van der Waals surface area contributed by atoms with Gasteiger partial charge in [0, 0.05) is 18.1 Å². The van der Waals surface area contributed by atoms with Crippen molar-refractivity contribution in [2.24, 2.45) is 5.92 Å². The largest absolute Gasteiger partial charge is 0.352 e. The first kappa shape index (κ1) is 23.3. The molecule has 1 fully saturated rings. The topological polar surface area (TPSA) is 75.9 Å². The van der Waals surface area contributed by atoms with Crippen LogP contribution in [0.3, 0.4) is 0 Å². The summed E-state index contributed by atoms with van der Waals surface area (Å²) in [5.74, 6) is 0.688. The van der Waals surface area contributed by atoms with Crippen molar-refractivity contribution in [2.45, 2.75) is 39.7 Å². The minimum absolute atomic E-state index is 0.0392. The third-order valence-corrected chi connectivity index (χ3v) is 7.06. The molecule has 0 saturated carbocycles. The first-order chi connectivity index (χ1) is 16.9. The maximum Gasteiger partial charge on any atom is 0.225 e. The van der Waals surface area contributed by atoms with Gasteiger partial charge >= 0.3 is 0 Å². The number of carbonyl (C=O) groups is 1. The van der Waals surface area contributed by atoms with Crippen LogP contribution in [0.25, 0.3) is 16.6 Å². The van der Waals surface area contributed by atoms with Gasteiger partial charge in [0.1, 0.15) is 5.52 Å². The standard InChI is InChI=1S/C27H29ClN6O/c1-17(20-8-5-4-6-9-20)29-27(35)21-10-7-15-33(16-21)26-25-24(18(2)30-31-26)19(3)34(32-25)23-13-11-22(28)12-14-23/h4-6,8-9,11-14,17,21H,7,10,15-16H2,1-3H3,(H,29,35)/t17-,21+/m0/s1. The molecule has 0 aliphatic carbocycles. The normalized spacial score (nSPS) is 16.9. The smallest absolute Gasteiger partial charge is 0.225 e. The zero-order chi connectivity index (χ0) is 24.5. The number of carbonyl (C=O) groups excluding carboxylic acids is 1. The number of aryl methyl sites for hydroxylation is 2. The van der Waals surface area contributed by atoms with Gasteiger partial charge in [0.25, 0.3) is 0 Å². The molecule has 1 N–H and O–H groups in total. The molecule has 2 aromatic carbocycles. The number of piperidine rings is 1. The molecule has 180 valence electrons. The first-order valence-electron chi connectivity index (χ1n) is 12.0. The highest BCUT2D eigenvalue weighted by Crippen LogP contribution is 2.32. The molecule has 8 heteroatoms. The van der Waals surface area contributed by atoms with Gasteiger partial charge in [-0.05, 0) is 63.4 Å². The van der Waals surface area contributed by atoms with E-state index in [2.05, 4.69) is 20.4 Å². The van der Waals surface area contributed by atoms with E-state index in [9.17, 15) is 4.79 Å². The zero-order valence-electron chi connectivity index (χ0n) is 20.2. The highest BCUT2D eigenvalue weighted by molar-refractivity contribution is 6.30. The van der Waals surface area contributed by atoms with Crippen LogP contribution >= 0.6 is 11.6 Å². The molecule has 0 spiro atoms. The van der Waals surface area contributed by atoms with E-state index in [4.69, 9.17) is 16.7 Å². The lowest BCUT2D eigenvalue weighted by Gasteiger charge is -2.33. The van der Waals surface area contributed by atoms with Crippen LogP contribution in [0.15, 0.2) is 54.6 Å². The predicted octanol–water partition coefficient (Wildman–Crippen LogP) is 5.18. The molecule has 1 saturated heterocycles. The van der Waals surface area contributed by atoms with E-state index in [-0.39, 0.29) is 17.9 Å². The van der Waals surface area contributed by atoms with Crippen molar-refractivity contribution in [2.75, 3.05) is 18.0 Å². The number of rotatable bonds is 5. The summed E-state index contributed by atoms with van der Waals surface area (Å²) in [6.45, 7) is 7.43. The van der Waals surface area contributed by atoms with Gasteiger partial charge in [0.05, 0.1) is 34.4 Å². The fraction of sp³-hybridized carbons (Fsp3) is 0.333. The Morgan fingerprint density at radius 1 is 1.09 bits per heavy atom. The molecule has 1 aliphatic heterocycles. The second kappa shape index (κ2) is 9.66. The molecule has 5 rings (SSSR count). The van der Waals surface area contributed by atoms with Crippen LogP contribution in [0.2, 0.25) is 5.02 Å². The molecular weight excluding hydrogens is 460 g/mol. The minimum Gasteiger partial charge on any atom is -0.352 e. The fourth-order valence-corrected chi connectivity index (χ4v) is 5.02. The zero-order valence-corrected chi connectivity index (χ0v) is 21.0. The number of nitrogens with zero attached hydrogens (tertiary/aromatic N) is 5. The Kier molecular flexibility index (Phi) is 6.43. The van der Waals surface area contributed by atoms with E-state index in [0.717, 1.165) is 58.7 Å². The van der Waals surface area contributed by atoms with E-state index >= 15 is 0 Å². The number of anilines is 1. The second-order valence-electron chi connectivity index (χ2n) is 9.23. The number of amides is 1. The van der Waals surface area contributed by atoms with Gasteiger partial charge < -0.3 is 10.2 Å². The highest BCUT2D eigenvalue weighted by atomic mass is 35.5.